The molecule has 1 N–H and O–H groups in total. The highest BCUT2D eigenvalue weighted by Crippen LogP contribution is 2.23. The third-order valence-corrected chi connectivity index (χ3v) is 4.23. The first-order valence-corrected chi connectivity index (χ1v) is 8.77. The van der Waals surface area contributed by atoms with Crippen molar-refractivity contribution in [2.24, 2.45) is 0 Å². The van der Waals surface area contributed by atoms with Crippen molar-refractivity contribution >= 4 is 23.8 Å². The summed E-state index contributed by atoms with van der Waals surface area (Å²) in [5.41, 5.74) is 0.363. The fourth-order valence-electron chi connectivity index (χ4n) is 2.14. The lowest BCUT2D eigenvalue weighted by Crippen LogP contribution is -2.49. The van der Waals surface area contributed by atoms with Crippen LogP contribution in [0.25, 0.3) is 0 Å². The third-order valence-electron chi connectivity index (χ3n) is 3.22. The number of rotatable bonds is 4. The highest BCUT2D eigenvalue weighted by atomic mass is 32.2. The number of carbonyl (C=O) groups excluding carboxylic acids is 2. The number of nitrogens with one attached hydrogen (secondary N) is 1. The van der Waals surface area contributed by atoms with Gasteiger partial charge in [-0.15, -0.1) is 11.8 Å². The van der Waals surface area contributed by atoms with Gasteiger partial charge in [-0.3, -0.25) is 14.7 Å². The molecule has 6 nitrogen and oxygen atoms in total. The molecule has 1 aliphatic rings. The van der Waals surface area contributed by atoms with E-state index in [0.29, 0.717) is 24.6 Å². The summed E-state index contributed by atoms with van der Waals surface area (Å²) in [5.74, 6) is 0.929. The van der Waals surface area contributed by atoms with Gasteiger partial charge in [0.15, 0.2) is 0 Å². The molecule has 1 aliphatic heterocycles. The summed E-state index contributed by atoms with van der Waals surface area (Å²) in [5, 5.41) is 2.88. The zero-order valence-electron chi connectivity index (χ0n) is 13.7. The van der Waals surface area contributed by atoms with Crippen LogP contribution in [0, 0.1) is 0 Å². The Labute approximate surface area is 141 Å². The first-order chi connectivity index (χ1) is 10.9. The van der Waals surface area contributed by atoms with Crippen LogP contribution in [0.15, 0.2) is 24.4 Å². The maximum absolute atomic E-state index is 12.3. The number of aromatic nitrogens is 1. The average molecular weight is 337 g/mol. The number of carbonyl (C=O) groups is 2. The van der Waals surface area contributed by atoms with Crippen molar-refractivity contribution in [2.75, 3.05) is 18.2 Å². The van der Waals surface area contributed by atoms with Crippen LogP contribution in [0.4, 0.5) is 4.79 Å². The Balaban J connectivity index is 1.84. The van der Waals surface area contributed by atoms with Gasteiger partial charge in [0.25, 0.3) is 0 Å². The van der Waals surface area contributed by atoms with E-state index in [1.165, 1.54) is 4.90 Å². The van der Waals surface area contributed by atoms with Crippen molar-refractivity contribution < 1.29 is 14.3 Å². The lowest BCUT2D eigenvalue weighted by atomic mass is 10.2. The number of thioether (sulfide) groups is 1. The molecule has 2 heterocycles. The van der Waals surface area contributed by atoms with Crippen molar-refractivity contribution in [2.45, 2.75) is 38.8 Å². The third kappa shape index (κ3) is 5.42. The van der Waals surface area contributed by atoms with E-state index in [2.05, 4.69) is 10.3 Å². The monoisotopic (exact) mass is 337 g/mol. The molecular weight excluding hydrogens is 314 g/mol. The van der Waals surface area contributed by atoms with Crippen LogP contribution in [0.2, 0.25) is 0 Å². The molecule has 1 aromatic heterocycles. The van der Waals surface area contributed by atoms with Crippen LogP contribution < -0.4 is 5.32 Å². The predicted molar refractivity (Wildman–Crippen MR) is 90.1 cm³/mol. The van der Waals surface area contributed by atoms with Gasteiger partial charge in [0, 0.05) is 30.6 Å². The van der Waals surface area contributed by atoms with Crippen molar-refractivity contribution in [3.8, 4) is 0 Å². The molecule has 0 aromatic carbocycles. The minimum atomic E-state index is -0.565. The van der Waals surface area contributed by atoms with Crippen LogP contribution in [0.5, 0.6) is 0 Å². The lowest BCUT2D eigenvalue weighted by Gasteiger charge is -2.27. The van der Waals surface area contributed by atoms with Gasteiger partial charge in [0.05, 0.1) is 5.88 Å². The summed E-state index contributed by atoms with van der Waals surface area (Å²) in [4.78, 5) is 30.2. The summed E-state index contributed by atoms with van der Waals surface area (Å²) in [6.45, 7) is 5.95. The zero-order chi connectivity index (χ0) is 16.9. The number of hydrogen-bond donors (Lipinski definition) is 1. The summed E-state index contributed by atoms with van der Waals surface area (Å²) in [6.07, 6.45) is 1.96. The Hall–Kier alpha value is -1.76. The number of amides is 2. The molecule has 23 heavy (non-hydrogen) atoms. The van der Waals surface area contributed by atoms with Gasteiger partial charge in [-0.05, 0) is 32.9 Å². The summed E-state index contributed by atoms with van der Waals surface area (Å²) >= 11 is 1.55. The van der Waals surface area contributed by atoms with E-state index >= 15 is 0 Å². The Morgan fingerprint density at radius 3 is 2.87 bits per heavy atom. The number of pyridine rings is 1. The Kier molecular flexibility index (Phi) is 5.87. The molecule has 0 saturated carbocycles. The van der Waals surface area contributed by atoms with Gasteiger partial charge in [0.2, 0.25) is 5.91 Å². The van der Waals surface area contributed by atoms with E-state index in [1.807, 2.05) is 39.0 Å². The summed E-state index contributed by atoms with van der Waals surface area (Å²) in [7, 11) is 0. The SMILES string of the molecule is CC(C)(C)OC(=O)N1CSC[C@H]1C(=O)NCCc1ccccn1. The maximum atomic E-state index is 12.3. The molecule has 126 valence electrons. The van der Waals surface area contributed by atoms with E-state index in [4.69, 9.17) is 4.74 Å². The fourth-order valence-corrected chi connectivity index (χ4v) is 3.28. The minimum Gasteiger partial charge on any atom is -0.444 e. The van der Waals surface area contributed by atoms with E-state index < -0.39 is 17.7 Å². The maximum Gasteiger partial charge on any atom is 0.411 e. The van der Waals surface area contributed by atoms with Gasteiger partial charge < -0.3 is 10.1 Å². The van der Waals surface area contributed by atoms with Crippen LogP contribution >= 0.6 is 11.8 Å². The largest absolute Gasteiger partial charge is 0.444 e. The van der Waals surface area contributed by atoms with Gasteiger partial charge >= 0.3 is 6.09 Å². The van der Waals surface area contributed by atoms with Crippen molar-refractivity contribution in [1.82, 2.24) is 15.2 Å². The standard InChI is InChI=1S/C16H23N3O3S/c1-16(2,3)22-15(21)19-11-23-10-13(19)14(20)18-9-7-12-6-4-5-8-17-12/h4-6,8,13H,7,9-11H2,1-3H3,(H,18,20)/t13-/m0/s1. The fraction of sp³-hybridized carbons (Fsp3) is 0.562. The molecule has 0 unspecified atom stereocenters. The van der Waals surface area contributed by atoms with Gasteiger partial charge in [-0.25, -0.2) is 4.79 Å². The summed E-state index contributed by atoms with van der Waals surface area (Å²) in [6, 6.07) is 5.22. The van der Waals surface area contributed by atoms with Crippen LogP contribution in [0.1, 0.15) is 26.5 Å². The second kappa shape index (κ2) is 7.68. The average Bonchev–Trinajstić information content (AvgIpc) is 2.96. The van der Waals surface area contributed by atoms with Crippen LogP contribution in [-0.2, 0) is 16.0 Å². The van der Waals surface area contributed by atoms with E-state index in [-0.39, 0.29) is 5.91 Å². The van der Waals surface area contributed by atoms with Crippen molar-refractivity contribution in [1.29, 1.82) is 0 Å². The van der Waals surface area contributed by atoms with Crippen molar-refractivity contribution in [3.05, 3.63) is 30.1 Å². The van der Waals surface area contributed by atoms with Gasteiger partial charge in [-0.1, -0.05) is 6.07 Å². The smallest absolute Gasteiger partial charge is 0.411 e. The molecule has 0 spiro atoms. The number of nitrogens with zero attached hydrogens (tertiary/aromatic N) is 2. The summed E-state index contributed by atoms with van der Waals surface area (Å²) < 4.78 is 5.36. The van der Waals surface area contributed by atoms with E-state index in [9.17, 15) is 9.59 Å². The van der Waals surface area contributed by atoms with Crippen molar-refractivity contribution in [3.63, 3.8) is 0 Å². The van der Waals surface area contributed by atoms with Crippen LogP contribution in [-0.4, -0.2) is 51.7 Å². The molecule has 2 rings (SSSR count). The Morgan fingerprint density at radius 2 is 2.22 bits per heavy atom. The second-order valence-corrected chi connectivity index (χ2v) is 7.33. The molecule has 0 bridgehead atoms. The molecule has 1 saturated heterocycles. The number of hydrogen-bond acceptors (Lipinski definition) is 5. The Morgan fingerprint density at radius 1 is 1.43 bits per heavy atom. The molecule has 0 radical (unpaired) electrons. The predicted octanol–water partition coefficient (Wildman–Crippen LogP) is 2.05. The molecule has 1 aromatic rings. The van der Waals surface area contributed by atoms with Gasteiger partial charge in [-0.2, -0.15) is 0 Å². The highest BCUT2D eigenvalue weighted by molar-refractivity contribution is 7.99. The first kappa shape index (κ1) is 17.6. The van der Waals surface area contributed by atoms with Crippen LogP contribution in [0.3, 0.4) is 0 Å². The van der Waals surface area contributed by atoms with E-state index in [0.717, 1.165) is 5.69 Å². The molecule has 7 heteroatoms. The van der Waals surface area contributed by atoms with Gasteiger partial charge in [0.1, 0.15) is 11.6 Å². The highest BCUT2D eigenvalue weighted by Gasteiger charge is 2.36. The second-order valence-electron chi connectivity index (χ2n) is 6.33. The molecule has 1 atom stereocenters. The molecule has 2 amide bonds. The normalized spacial score (nSPS) is 17.9. The number of ether oxygens (including phenoxy) is 1. The topological polar surface area (TPSA) is 71.5 Å². The lowest BCUT2D eigenvalue weighted by molar-refractivity contribution is -0.125. The zero-order valence-corrected chi connectivity index (χ0v) is 14.6. The molecule has 0 aliphatic carbocycles. The molecule has 1 fully saturated rings. The first-order valence-electron chi connectivity index (χ1n) is 7.62. The minimum absolute atomic E-state index is 0.142. The van der Waals surface area contributed by atoms with E-state index in [1.54, 1.807) is 18.0 Å². The Bertz CT molecular complexity index is 545. The quantitative estimate of drug-likeness (QED) is 0.910. The molecular formula is C16H23N3O3S.